The SMILES string of the molecule is O=C(O)C[C@@H]1CCN(C2CCOCC2)C[C@@H]1Cc1nc2ccncc2[nH]1. The zero-order chi connectivity index (χ0) is 17.9. The summed E-state index contributed by atoms with van der Waals surface area (Å²) in [7, 11) is 0. The molecule has 2 aliphatic rings. The Hall–Kier alpha value is -1.99. The number of piperidine rings is 1. The van der Waals surface area contributed by atoms with Crippen molar-refractivity contribution in [1.29, 1.82) is 0 Å². The van der Waals surface area contributed by atoms with Gasteiger partial charge in [-0.15, -0.1) is 0 Å². The Bertz CT molecular complexity index is 723. The molecule has 2 N–H and O–H groups in total. The van der Waals surface area contributed by atoms with E-state index in [2.05, 4.69) is 19.9 Å². The highest BCUT2D eigenvalue weighted by molar-refractivity contribution is 5.73. The number of aliphatic carboxylic acids is 1. The number of aromatic nitrogens is 3. The molecule has 7 heteroatoms. The Morgan fingerprint density at radius 3 is 2.92 bits per heavy atom. The van der Waals surface area contributed by atoms with Gasteiger partial charge in [-0.25, -0.2) is 4.98 Å². The molecule has 2 aromatic heterocycles. The lowest BCUT2D eigenvalue weighted by atomic mass is 9.80. The number of carbonyl (C=O) groups is 1. The summed E-state index contributed by atoms with van der Waals surface area (Å²) in [5.41, 5.74) is 1.86. The molecule has 0 saturated carbocycles. The van der Waals surface area contributed by atoms with Gasteiger partial charge in [0.2, 0.25) is 0 Å². The number of imidazole rings is 1. The third-order valence-corrected chi connectivity index (χ3v) is 5.85. The molecule has 4 heterocycles. The third kappa shape index (κ3) is 3.88. The van der Waals surface area contributed by atoms with Crippen molar-refractivity contribution in [3.63, 3.8) is 0 Å². The third-order valence-electron chi connectivity index (χ3n) is 5.85. The Kier molecular flexibility index (Phi) is 5.17. The van der Waals surface area contributed by atoms with E-state index in [4.69, 9.17) is 4.74 Å². The monoisotopic (exact) mass is 358 g/mol. The maximum Gasteiger partial charge on any atom is 0.303 e. The Balaban J connectivity index is 1.50. The minimum atomic E-state index is -0.701. The maximum absolute atomic E-state index is 11.3. The molecule has 0 amide bonds. The van der Waals surface area contributed by atoms with Crippen LogP contribution in [0.5, 0.6) is 0 Å². The molecule has 0 spiro atoms. The highest BCUT2D eigenvalue weighted by atomic mass is 16.5. The second-order valence-corrected chi connectivity index (χ2v) is 7.53. The number of ether oxygens (including phenoxy) is 1. The van der Waals surface area contributed by atoms with Crippen molar-refractivity contribution in [2.45, 2.75) is 38.1 Å². The molecule has 0 aliphatic carbocycles. The molecule has 2 fully saturated rings. The van der Waals surface area contributed by atoms with Crippen LogP contribution in [0.3, 0.4) is 0 Å². The minimum Gasteiger partial charge on any atom is -0.481 e. The Morgan fingerprint density at radius 2 is 2.15 bits per heavy atom. The van der Waals surface area contributed by atoms with E-state index in [1.807, 2.05) is 6.07 Å². The van der Waals surface area contributed by atoms with Gasteiger partial charge in [0.15, 0.2) is 0 Å². The summed E-state index contributed by atoms with van der Waals surface area (Å²) in [6.07, 6.45) is 7.65. The summed E-state index contributed by atoms with van der Waals surface area (Å²) >= 11 is 0. The number of nitrogens with zero attached hydrogens (tertiary/aromatic N) is 3. The quantitative estimate of drug-likeness (QED) is 0.850. The van der Waals surface area contributed by atoms with E-state index in [0.29, 0.717) is 12.0 Å². The first-order valence-electron chi connectivity index (χ1n) is 9.51. The lowest BCUT2D eigenvalue weighted by Crippen LogP contribution is -2.48. The van der Waals surface area contributed by atoms with Crippen molar-refractivity contribution in [3.8, 4) is 0 Å². The molecule has 0 radical (unpaired) electrons. The molecule has 4 rings (SSSR count). The standard InChI is InChI=1S/C19H26N4O3/c24-19(25)10-13-2-6-23(15-3-7-26-8-4-15)12-14(13)9-18-21-16-1-5-20-11-17(16)22-18/h1,5,11,13-15H,2-4,6-10,12H2,(H,21,22)(H,24,25)/t13-,14-/m0/s1. The van der Waals surface area contributed by atoms with Gasteiger partial charge in [0.1, 0.15) is 5.82 Å². The van der Waals surface area contributed by atoms with E-state index in [9.17, 15) is 9.90 Å². The number of aromatic amines is 1. The van der Waals surface area contributed by atoms with Gasteiger partial charge in [0, 0.05) is 44.8 Å². The molecular formula is C19H26N4O3. The van der Waals surface area contributed by atoms with Crippen LogP contribution < -0.4 is 0 Å². The summed E-state index contributed by atoms with van der Waals surface area (Å²) in [6.45, 7) is 3.60. The van der Waals surface area contributed by atoms with Crippen molar-refractivity contribution in [3.05, 3.63) is 24.3 Å². The van der Waals surface area contributed by atoms with E-state index in [-0.39, 0.29) is 12.3 Å². The Labute approximate surface area is 152 Å². The minimum absolute atomic E-state index is 0.204. The van der Waals surface area contributed by atoms with Crippen molar-refractivity contribution in [2.75, 3.05) is 26.3 Å². The lowest BCUT2D eigenvalue weighted by Gasteiger charge is -2.43. The predicted molar refractivity (Wildman–Crippen MR) is 96.9 cm³/mol. The molecule has 0 aromatic carbocycles. The average Bonchev–Trinajstić information content (AvgIpc) is 3.06. The van der Waals surface area contributed by atoms with E-state index >= 15 is 0 Å². The number of rotatable bonds is 5. The first-order valence-corrected chi connectivity index (χ1v) is 9.51. The van der Waals surface area contributed by atoms with Crippen LogP contribution in [0.4, 0.5) is 0 Å². The van der Waals surface area contributed by atoms with Gasteiger partial charge in [-0.05, 0) is 43.7 Å². The zero-order valence-corrected chi connectivity index (χ0v) is 14.9. The average molecular weight is 358 g/mol. The number of H-pyrrole nitrogens is 1. The second-order valence-electron chi connectivity index (χ2n) is 7.53. The number of likely N-dealkylation sites (tertiary alicyclic amines) is 1. The number of carboxylic acid groups (broad SMARTS) is 1. The lowest BCUT2D eigenvalue weighted by molar-refractivity contribution is -0.139. The van der Waals surface area contributed by atoms with Gasteiger partial charge in [0.25, 0.3) is 0 Å². The summed E-state index contributed by atoms with van der Waals surface area (Å²) in [5.74, 6) is 0.738. The topological polar surface area (TPSA) is 91.3 Å². The predicted octanol–water partition coefficient (Wildman–Crippen LogP) is 2.09. The van der Waals surface area contributed by atoms with E-state index < -0.39 is 5.97 Å². The van der Waals surface area contributed by atoms with Crippen LogP contribution in [0.1, 0.15) is 31.5 Å². The Morgan fingerprint density at radius 1 is 1.31 bits per heavy atom. The molecular weight excluding hydrogens is 332 g/mol. The van der Waals surface area contributed by atoms with Gasteiger partial charge in [-0.2, -0.15) is 0 Å². The molecule has 7 nitrogen and oxygen atoms in total. The molecule has 2 atom stereocenters. The van der Waals surface area contributed by atoms with Crippen molar-refractivity contribution >= 4 is 17.0 Å². The first kappa shape index (κ1) is 17.4. The normalized spacial score (nSPS) is 25.5. The molecule has 26 heavy (non-hydrogen) atoms. The number of hydrogen-bond donors (Lipinski definition) is 2. The van der Waals surface area contributed by atoms with Crippen LogP contribution in [-0.4, -0.2) is 63.3 Å². The van der Waals surface area contributed by atoms with Crippen LogP contribution >= 0.6 is 0 Å². The fourth-order valence-corrected chi connectivity index (χ4v) is 4.47. The van der Waals surface area contributed by atoms with Gasteiger partial charge in [-0.3, -0.25) is 14.7 Å². The van der Waals surface area contributed by atoms with Crippen molar-refractivity contribution in [2.24, 2.45) is 11.8 Å². The van der Waals surface area contributed by atoms with Gasteiger partial charge >= 0.3 is 5.97 Å². The van der Waals surface area contributed by atoms with Crippen LogP contribution in [0.2, 0.25) is 0 Å². The number of pyridine rings is 1. The summed E-state index contributed by atoms with van der Waals surface area (Å²) in [5, 5.41) is 9.32. The number of fused-ring (bicyclic) bond motifs is 1. The van der Waals surface area contributed by atoms with Gasteiger partial charge in [0.05, 0.1) is 17.2 Å². The number of carboxylic acids is 1. The van der Waals surface area contributed by atoms with Crippen LogP contribution in [0.25, 0.3) is 11.0 Å². The van der Waals surface area contributed by atoms with Crippen molar-refractivity contribution < 1.29 is 14.6 Å². The van der Waals surface area contributed by atoms with Crippen LogP contribution in [-0.2, 0) is 16.0 Å². The van der Waals surface area contributed by atoms with Crippen LogP contribution in [0, 0.1) is 11.8 Å². The molecule has 0 unspecified atom stereocenters. The largest absolute Gasteiger partial charge is 0.481 e. The first-order chi connectivity index (χ1) is 12.7. The molecule has 2 aliphatic heterocycles. The number of nitrogens with one attached hydrogen (secondary N) is 1. The van der Waals surface area contributed by atoms with E-state index in [0.717, 1.165) is 68.8 Å². The van der Waals surface area contributed by atoms with Gasteiger partial charge < -0.3 is 14.8 Å². The number of hydrogen-bond acceptors (Lipinski definition) is 5. The molecule has 2 saturated heterocycles. The highest BCUT2D eigenvalue weighted by Gasteiger charge is 2.34. The molecule has 2 aromatic rings. The summed E-state index contributed by atoms with van der Waals surface area (Å²) in [6, 6.07) is 2.47. The fourth-order valence-electron chi connectivity index (χ4n) is 4.47. The molecule has 140 valence electrons. The van der Waals surface area contributed by atoms with E-state index in [1.54, 1.807) is 12.4 Å². The maximum atomic E-state index is 11.3. The highest BCUT2D eigenvalue weighted by Crippen LogP contribution is 2.32. The fraction of sp³-hybridized carbons (Fsp3) is 0.632. The second kappa shape index (κ2) is 7.72. The summed E-state index contributed by atoms with van der Waals surface area (Å²) < 4.78 is 5.50. The van der Waals surface area contributed by atoms with Crippen molar-refractivity contribution in [1.82, 2.24) is 19.9 Å². The van der Waals surface area contributed by atoms with Gasteiger partial charge in [-0.1, -0.05) is 0 Å². The molecule has 0 bridgehead atoms. The van der Waals surface area contributed by atoms with Crippen LogP contribution in [0.15, 0.2) is 18.5 Å². The zero-order valence-electron chi connectivity index (χ0n) is 14.9. The summed E-state index contributed by atoms with van der Waals surface area (Å²) in [4.78, 5) is 26.0. The smallest absolute Gasteiger partial charge is 0.303 e. The van der Waals surface area contributed by atoms with E-state index in [1.165, 1.54) is 0 Å².